The van der Waals surface area contributed by atoms with Gasteiger partial charge in [-0.2, -0.15) is 0 Å². The van der Waals surface area contributed by atoms with E-state index in [0.29, 0.717) is 24.5 Å². The smallest absolute Gasteiger partial charge is 0.161 e. The van der Waals surface area contributed by atoms with E-state index in [1.807, 2.05) is 44.2 Å². The van der Waals surface area contributed by atoms with E-state index in [9.17, 15) is 5.11 Å². The highest BCUT2D eigenvalue weighted by Crippen LogP contribution is 2.28. The fourth-order valence-corrected chi connectivity index (χ4v) is 2.08. The molecule has 0 saturated heterocycles. The molecule has 2 N–H and O–H groups in total. The summed E-state index contributed by atoms with van der Waals surface area (Å²) >= 11 is 0. The topological polar surface area (TPSA) is 58.9 Å². The molecule has 4 nitrogen and oxygen atoms in total. The lowest BCUT2D eigenvalue weighted by Crippen LogP contribution is -2.07. The number of hydrogen-bond acceptors (Lipinski definition) is 4. The Balaban J connectivity index is 2.58. The van der Waals surface area contributed by atoms with Crippen LogP contribution in [0.4, 0.5) is 0 Å². The molecule has 1 aromatic carbocycles. The van der Waals surface area contributed by atoms with Crippen molar-refractivity contribution in [2.75, 3.05) is 20.3 Å². The largest absolute Gasteiger partial charge is 0.493 e. The summed E-state index contributed by atoms with van der Waals surface area (Å²) in [5.41, 5.74) is 2.89. The van der Waals surface area contributed by atoms with Crippen LogP contribution >= 0.6 is 0 Å². The lowest BCUT2D eigenvalue weighted by molar-refractivity contribution is 0.201. The Bertz CT molecular complexity index is 587. The van der Waals surface area contributed by atoms with Gasteiger partial charge in [0.2, 0.25) is 0 Å². The Morgan fingerprint density at radius 1 is 1.29 bits per heavy atom. The molecule has 0 aliphatic heterocycles. The maximum Gasteiger partial charge on any atom is 0.161 e. The summed E-state index contributed by atoms with van der Waals surface area (Å²) in [6.45, 7) is 8.05. The van der Waals surface area contributed by atoms with Crippen LogP contribution in [0.25, 0.3) is 6.08 Å². The first kappa shape index (κ1) is 20.0. The Labute approximate surface area is 144 Å². The summed E-state index contributed by atoms with van der Waals surface area (Å²) in [5, 5.41) is 18.6. The van der Waals surface area contributed by atoms with Crippen molar-refractivity contribution in [1.82, 2.24) is 0 Å². The molecule has 0 bridgehead atoms. The van der Waals surface area contributed by atoms with E-state index >= 15 is 0 Å². The van der Waals surface area contributed by atoms with Crippen LogP contribution in [0.15, 0.2) is 48.1 Å². The Hall–Kier alpha value is -2.04. The summed E-state index contributed by atoms with van der Waals surface area (Å²) < 4.78 is 11.1. The summed E-state index contributed by atoms with van der Waals surface area (Å²) in [7, 11) is 1.60. The van der Waals surface area contributed by atoms with Crippen LogP contribution in [-0.2, 0) is 0 Å². The lowest BCUT2D eigenvalue weighted by atomic mass is 10.0. The van der Waals surface area contributed by atoms with E-state index in [0.717, 1.165) is 23.1 Å². The zero-order chi connectivity index (χ0) is 17.9. The molecule has 4 heteroatoms. The quantitative estimate of drug-likeness (QED) is 0.641. The summed E-state index contributed by atoms with van der Waals surface area (Å²) in [5.74, 6) is 1.32. The van der Waals surface area contributed by atoms with Gasteiger partial charge in [0, 0.05) is 0 Å². The van der Waals surface area contributed by atoms with Crippen LogP contribution in [0.2, 0.25) is 0 Å². The third kappa shape index (κ3) is 7.02. The van der Waals surface area contributed by atoms with Gasteiger partial charge in [-0.05, 0) is 50.5 Å². The number of aliphatic hydroxyl groups excluding tert-OH is 2. The first-order valence-corrected chi connectivity index (χ1v) is 8.05. The number of ether oxygens (including phenoxy) is 2. The van der Waals surface area contributed by atoms with Crippen molar-refractivity contribution in [3.8, 4) is 11.5 Å². The third-order valence-electron chi connectivity index (χ3n) is 3.65. The van der Waals surface area contributed by atoms with E-state index < -0.39 is 6.10 Å². The molecular formula is C20H28O4. The fraction of sp³-hybridized carbons (Fsp3) is 0.400. The fourth-order valence-electron chi connectivity index (χ4n) is 2.08. The molecule has 0 heterocycles. The molecule has 1 atom stereocenters. The van der Waals surface area contributed by atoms with Gasteiger partial charge in [-0.25, -0.2) is 0 Å². The molecule has 0 aliphatic rings. The predicted molar refractivity (Wildman–Crippen MR) is 98.4 cm³/mol. The first-order valence-electron chi connectivity index (χ1n) is 8.05. The molecule has 0 amide bonds. The van der Waals surface area contributed by atoms with Crippen LogP contribution in [0, 0.1) is 0 Å². The van der Waals surface area contributed by atoms with Crippen molar-refractivity contribution in [2.45, 2.75) is 32.8 Å². The van der Waals surface area contributed by atoms with Crippen LogP contribution < -0.4 is 9.47 Å². The van der Waals surface area contributed by atoms with E-state index in [4.69, 9.17) is 14.6 Å². The Morgan fingerprint density at radius 3 is 2.67 bits per heavy atom. The second-order valence-corrected chi connectivity index (χ2v) is 5.76. The van der Waals surface area contributed by atoms with E-state index in [2.05, 4.69) is 6.58 Å². The molecule has 0 spiro atoms. The van der Waals surface area contributed by atoms with Crippen molar-refractivity contribution in [2.24, 2.45) is 0 Å². The maximum atomic E-state index is 9.74. The van der Waals surface area contributed by atoms with Gasteiger partial charge in [-0.15, -0.1) is 0 Å². The molecule has 0 aromatic heterocycles. The van der Waals surface area contributed by atoms with Crippen molar-refractivity contribution >= 4 is 6.08 Å². The molecule has 0 saturated carbocycles. The van der Waals surface area contributed by atoms with Crippen molar-refractivity contribution in [1.29, 1.82) is 0 Å². The Morgan fingerprint density at radius 2 is 2.04 bits per heavy atom. The van der Waals surface area contributed by atoms with Crippen molar-refractivity contribution in [3.05, 3.63) is 53.6 Å². The molecule has 0 radical (unpaired) electrons. The second kappa shape index (κ2) is 10.7. The van der Waals surface area contributed by atoms with Gasteiger partial charge in [0.1, 0.15) is 6.61 Å². The number of allylic oxidation sites excluding steroid dienone is 1. The van der Waals surface area contributed by atoms with E-state index in [1.165, 1.54) is 0 Å². The number of rotatable bonds is 10. The highest BCUT2D eigenvalue weighted by molar-refractivity contribution is 5.55. The van der Waals surface area contributed by atoms with Gasteiger partial charge < -0.3 is 19.7 Å². The minimum atomic E-state index is -0.450. The highest BCUT2D eigenvalue weighted by atomic mass is 16.5. The second-order valence-electron chi connectivity index (χ2n) is 5.76. The van der Waals surface area contributed by atoms with Crippen molar-refractivity contribution in [3.63, 3.8) is 0 Å². The van der Waals surface area contributed by atoms with Crippen molar-refractivity contribution < 1.29 is 19.7 Å². The summed E-state index contributed by atoms with van der Waals surface area (Å²) in [4.78, 5) is 0. The zero-order valence-corrected chi connectivity index (χ0v) is 14.8. The number of aliphatic hydroxyl groups is 2. The lowest BCUT2D eigenvalue weighted by Gasteiger charge is -2.11. The average Bonchev–Trinajstić information content (AvgIpc) is 2.58. The predicted octanol–water partition coefficient (Wildman–Crippen LogP) is 3.74. The van der Waals surface area contributed by atoms with E-state index in [-0.39, 0.29) is 6.61 Å². The van der Waals surface area contributed by atoms with Crippen LogP contribution in [0.3, 0.4) is 0 Å². The Kier molecular flexibility index (Phi) is 8.90. The standard InChI is InChI=1S/C20H28O4/c1-15(2)18(22)9-7-16(3)11-13-24-19-10-8-17(6-5-12-21)14-20(19)23-4/h5-6,8,10-11,14,18,21-22H,1,7,9,12-13H2,2-4H3/b6-5+,16-11+/t18-/m0/s1. The maximum absolute atomic E-state index is 9.74. The molecule has 0 unspecified atom stereocenters. The third-order valence-corrected chi connectivity index (χ3v) is 3.65. The van der Waals surface area contributed by atoms with Crippen LogP contribution in [-0.4, -0.2) is 36.6 Å². The molecule has 0 fully saturated rings. The summed E-state index contributed by atoms with van der Waals surface area (Å²) in [6.07, 6.45) is 6.52. The van der Waals surface area contributed by atoms with Crippen LogP contribution in [0.1, 0.15) is 32.3 Å². The molecule has 1 aromatic rings. The number of methoxy groups -OCH3 is 1. The summed E-state index contributed by atoms with van der Waals surface area (Å²) in [6, 6.07) is 5.62. The van der Waals surface area contributed by atoms with Gasteiger partial charge in [0.25, 0.3) is 0 Å². The normalized spacial score (nSPS) is 13.1. The van der Waals surface area contributed by atoms with Gasteiger partial charge in [-0.1, -0.05) is 35.9 Å². The highest BCUT2D eigenvalue weighted by Gasteiger charge is 2.06. The first-order chi connectivity index (χ1) is 11.5. The van der Waals surface area contributed by atoms with E-state index in [1.54, 1.807) is 13.2 Å². The molecule has 132 valence electrons. The minimum absolute atomic E-state index is 0.00468. The molecule has 0 aliphatic carbocycles. The van der Waals surface area contributed by atoms with Gasteiger partial charge in [0.15, 0.2) is 11.5 Å². The minimum Gasteiger partial charge on any atom is -0.493 e. The van der Waals surface area contributed by atoms with Gasteiger partial charge in [-0.3, -0.25) is 0 Å². The molecular weight excluding hydrogens is 304 g/mol. The molecule has 24 heavy (non-hydrogen) atoms. The SMILES string of the molecule is C=C(C)[C@@H](O)CC/C(C)=C/COc1ccc(/C=C/CO)cc1OC. The van der Waals surface area contributed by atoms with Gasteiger partial charge in [0.05, 0.1) is 19.8 Å². The molecule has 1 rings (SSSR count). The zero-order valence-electron chi connectivity index (χ0n) is 14.8. The number of benzene rings is 1. The van der Waals surface area contributed by atoms with Gasteiger partial charge >= 0.3 is 0 Å². The number of hydrogen-bond donors (Lipinski definition) is 2. The average molecular weight is 332 g/mol. The monoisotopic (exact) mass is 332 g/mol. The van der Waals surface area contributed by atoms with Crippen LogP contribution in [0.5, 0.6) is 11.5 Å².